The van der Waals surface area contributed by atoms with E-state index < -0.39 is 0 Å². The maximum absolute atomic E-state index is 11.4. The molecule has 0 saturated heterocycles. The average molecular weight is 210 g/mol. The molecule has 86 valence electrons. The zero-order valence-electron chi connectivity index (χ0n) is 10.1. The third kappa shape index (κ3) is 4.06. The van der Waals surface area contributed by atoms with Gasteiger partial charge in [-0.05, 0) is 24.7 Å². The number of unbranched alkanes of at least 4 members (excludes halogenated alkanes) is 1. The van der Waals surface area contributed by atoms with Crippen molar-refractivity contribution >= 4 is 5.78 Å². The first-order valence-electron chi connectivity index (χ1n) is 5.84. The molecule has 0 atom stereocenters. The van der Waals surface area contributed by atoms with Gasteiger partial charge in [0, 0.05) is 18.4 Å². The van der Waals surface area contributed by atoms with Crippen LogP contribution < -0.4 is 0 Å². The first-order chi connectivity index (χ1) is 6.90. The first kappa shape index (κ1) is 12.3. The summed E-state index contributed by atoms with van der Waals surface area (Å²) < 4.78 is 0. The van der Waals surface area contributed by atoms with E-state index in [1.165, 1.54) is 6.42 Å². The van der Waals surface area contributed by atoms with Crippen LogP contribution in [0.3, 0.4) is 0 Å². The van der Waals surface area contributed by atoms with Crippen molar-refractivity contribution in [1.29, 1.82) is 0 Å². The predicted octanol–water partition coefficient (Wildman–Crippen LogP) is 3.77. The van der Waals surface area contributed by atoms with E-state index in [0.717, 1.165) is 19.3 Å². The maximum Gasteiger partial charge on any atom is 0.162 e. The summed E-state index contributed by atoms with van der Waals surface area (Å²) in [5.41, 5.74) is 1.07. The highest BCUT2D eigenvalue weighted by molar-refractivity contribution is 5.98. The minimum atomic E-state index is 0.156. The molecule has 0 saturated carbocycles. The minimum absolute atomic E-state index is 0.156. The molecule has 0 unspecified atom stereocenters. The third-order valence-electron chi connectivity index (χ3n) is 2.88. The van der Waals surface area contributed by atoms with Crippen LogP contribution in [0.4, 0.5) is 0 Å². The smallest absolute Gasteiger partial charge is 0.162 e. The number of allylic oxidation sites excluding steroid dienone is 2. The number of carbonyl (C=O) groups excluding carboxylic acids is 1. The lowest BCUT2D eigenvalue weighted by Gasteiger charge is -2.17. The molecule has 1 aliphatic rings. The van der Waals surface area contributed by atoms with Crippen molar-refractivity contribution in [3.05, 3.63) is 11.3 Å². The van der Waals surface area contributed by atoms with Crippen LogP contribution in [-0.2, 0) is 4.79 Å². The summed E-state index contributed by atoms with van der Waals surface area (Å²) in [6, 6.07) is 0. The molecule has 1 N–H and O–H groups in total. The molecule has 0 heterocycles. The van der Waals surface area contributed by atoms with Crippen molar-refractivity contribution in [3.63, 3.8) is 0 Å². The van der Waals surface area contributed by atoms with Gasteiger partial charge in [0.2, 0.25) is 0 Å². The van der Waals surface area contributed by atoms with Gasteiger partial charge in [-0.15, -0.1) is 0 Å². The fourth-order valence-electron chi connectivity index (χ4n) is 1.94. The maximum atomic E-state index is 11.4. The van der Waals surface area contributed by atoms with E-state index in [0.29, 0.717) is 29.6 Å². The van der Waals surface area contributed by atoms with E-state index >= 15 is 0 Å². The standard InChI is InChI=1S/C13H22O2/c1-13(2,3)9-5-4-6-10-11(14)7-8-12(10)15/h14H,4-9H2,1-3H3. The molecule has 15 heavy (non-hydrogen) atoms. The van der Waals surface area contributed by atoms with Crippen LogP contribution in [0, 0.1) is 5.41 Å². The molecule has 0 amide bonds. The van der Waals surface area contributed by atoms with Crippen molar-refractivity contribution < 1.29 is 9.90 Å². The molecule has 2 nitrogen and oxygen atoms in total. The van der Waals surface area contributed by atoms with Gasteiger partial charge in [-0.3, -0.25) is 4.79 Å². The molecule has 1 aliphatic carbocycles. The van der Waals surface area contributed by atoms with E-state index in [1.54, 1.807) is 0 Å². The summed E-state index contributed by atoms with van der Waals surface area (Å²) in [4.78, 5) is 11.4. The second kappa shape index (κ2) is 4.82. The van der Waals surface area contributed by atoms with Crippen LogP contribution in [0.5, 0.6) is 0 Å². The number of aliphatic hydroxyl groups excluding tert-OH is 1. The largest absolute Gasteiger partial charge is 0.512 e. The van der Waals surface area contributed by atoms with Crippen molar-refractivity contribution in [3.8, 4) is 0 Å². The van der Waals surface area contributed by atoms with Crippen LogP contribution in [0.2, 0.25) is 0 Å². The molecule has 0 spiro atoms. The van der Waals surface area contributed by atoms with Crippen molar-refractivity contribution in [2.75, 3.05) is 0 Å². The number of ketones is 1. The van der Waals surface area contributed by atoms with Gasteiger partial charge >= 0.3 is 0 Å². The van der Waals surface area contributed by atoms with Gasteiger partial charge in [0.05, 0.1) is 5.76 Å². The Morgan fingerprint density at radius 3 is 2.33 bits per heavy atom. The fraction of sp³-hybridized carbons (Fsp3) is 0.769. The Bertz CT molecular complexity index is 269. The van der Waals surface area contributed by atoms with Gasteiger partial charge in [0.25, 0.3) is 0 Å². The van der Waals surface area contributed by atoms with Crippen LogP contribution in [-0.4, -0.2) is 10.9 Å². The molecule has 0 radical (unpaired) electrons. The summed E-state index contributed by atoms with van der Waals surface area (Å²) in [5, 5.41) is 9.48. The lowest BCUT2D eigenvalue weighted by Crippen LogP contribution is -2.04. The Morgan fingerprint density at radius 2 is 1.87 bits per heavy atom. The lowest BCUT2D eigenvalue weighted by molar-refractivity contribution is -0.115. The molecule has 0 fully saturated rings. The first-order valence-corrected chi connectivity index (χ1v) is 5.84. The van der Waals surface area contributed by atoms with Crippen LogP contribution in [0.15, 0.2) is 11.3 Å². The number of Topliss-reactive ketones (excluding diaryl/α,β-unsaturated/α-hetero) is 1. The normalized spacial score (nSPS) is 17.7. The number of aliphatic hydroxyl groups is 1. The molecular formula is C13H22O2. The summed E-state index contributed by atoms with van der Waals surface area (Å²) in [7, 11) is 0. The van der Waals surface area contributed by atoms with Gasteiger partial charge in [-0.2, -0.15) is 0 Å². The molecule has 0 aliphatic heterocycles. The Hall–Kier alpha value is -0.790. The highest BCUT2D eigenvalue weighted by Gasteiger charge is 2.21. The Kier molecular flexibility index (Phi) is 3.95. The Morgan fingerprint density at radius 1 is 1.20 bits per heavy atom. The third-order valence-corrected chi connectivity index (χ3v) is 2.88. The van der Waals surface area contributed by atoms with Crippen molar-refractivity contribution in [2.24, 2.45) is 5.41 Å². The highest BCUT2D eigenvalue weighted by atomic mass is 16.3. The number of rotatable bonds is 4. The summed E-state index contributed by atoms with van der Waals surface area (Å²) in [6.45, 7) is 6.68. The summed E-state index contributed by atoms with van der Waals surface area (Å²) in [5.74, 6) is 0.499. The molecule has 2 heteroatoms. The van der Waals surface area contributed by atoms with E-state index in [-0.39, 0.29) is 5.78 Å². The van der Waals surface area contributed by atoms with Gasteiger partial charge in [0.1, 0.15) is 0 Å². The highest BCUT2D eigenvalue weighted by Crippen LogP contribution is 2.27. The van der Waals surface area contributed by atoms with E-state index in [4.69, 9.17) is 0 Å². The summed E-state index contributed by atoms with van der Waals surface area (Å²) >= 11 is 0. The monoisotopic (exact) mass is 210 g/mol. The Balaban J connectivity index is 2.26. The predicted molar refractivity (Wildman–Crippen MR) is 61.8 cm³/mol. The van der Waals surface area contributed by atoms with Crippen LogP contribution >= 0.6 is 0 Å². The molecule has 0 aromatic rings. The Labute approximate surface area is 92.4 Å². The van der Waals surface area contributed by atoms with Gasteiger partial charge in [-0.25, -0.2) is 0 Å². The quantitative estimate of drug-likeness (QED) is 0.717. The van der Waals surface area contributed by atoms with E-state index in [9.17, 15) is 9.90 Å². The lowest BCUT2D eigenvalue weighted by atomic mass is 9.89. The summed E-state index contributed by atoms with van der Waals surface area (Å²) in [6.07, 6.45) is 5.17. The molecule has 0 aromatic carbocycles. The number of hydrogen-bond acceptors (Lipinski definition) is 2. The SMILES string of the molecule is CC(C)(C)CCCCC1=C(O)CCC1=O. The minimum Gasteiger partial charge on any atom is -0.512 e. The molecule has 1 rings (SSSR count). The van der Waals surface area contributed by atoms with E-state index in [2.05, 4.69) is 20.8 Å². The van der Waals surface area contributed by atoms with Gasteiger partial charge in [-0.1, -0.05) is 27.2 Å². The second-order valence-corrected chi connectivity index (χ2v) is 5.62. The van der Waals surface area contributed by atoms with Gasteiger partial charge < -0.3 is 5.11 Å². The molecular weight excluding hydrogens is 188 g/mol. The topological polar surface area (TPSA) is 37.3 Å². The number of carbonyl (C=O) groups is 1. The second-order valence-electron chi connectivity index (χ2n) is 5.62. The fourth-order valence-corrected chi connectivity index (χ4v) is 1.94. The van der Waals surface area contributed by atoms with Crippen LogP contribution in [0.1, 0.15) is 59.3 Å². The zero-order chi connectivity index (χ0) is 11.5. The number of hydrogen-bond donors (Lipinski definition) is 1. The van der Waals surface area contributed by atoms with Crippen molar-refractivity contribution in [2.45, 2.75) is 59.3 Å². The zero-order valence-corrected chi connectivity index (χ0v) is 10.1. The average Bonchev–Trinajstić information content (AvgIpc) is 2.40. The van der Waals surface area contributed by atoms with E-state index in [1.807, 2.05) is 0 Å². The molecule has 0 aromatic heterocycles. The molecule has 0 bridgehead atoms. The van der Waals surface area contributed by atoms with Crippen molar-refractivity contribution in [1.82, 2.24) is 0 Å². The van der Waals surface area contributed by atoms with Crippen LogP contribution in [0.25, 0.3) is 0 Å². The van der Waals surface area contributed by atoms with Gasteiger partial charge in [0.15, 0.2) is 5.78 Å².